The number of carbonyl (C=O) groups excluding carboxylic acids is 4. The number of carbonyl (C=O) groups is 4. The highest BCUT2D eigenvalue weighted by molar-refractivity contribution is 6.10. The number of hydrogen-bond acceptors (Lipinski definition) is 5. The van der Waals surface area contributed by atoms with Gasteiger partial charge in [0.1, 0.15) is 6.04 Å². The van der Waals surface area contributed by atoms with E-state index in [1.54, 1.807) is 19.9 Å². The summed E-state index contributed by atoms with van der Waals surface area (Å²) < 4.78 is 5.50. The summed E-state index contributed by atoms with van der Waals surface area (Å²) in [5.41, 5.74) is 6.53. The maximum Gasteiger partial charge on any atom is 0.330 e. The third-order valence-electron chi connectivity index (χ3n) is 8.67. The van der Waals surface area contributed by atoms with Crippen molar-refractivity contribution < 1.29 is 23.9 Å². The first-order valence-corrected chi connectivity index (χ1v) is 13.5. The van der Waals surface area contributed by atoms with Crippen molar-refractivity contribution in [3.8, 4) is 0 Å². The van der Waals surface area contributed by atoms with Gasteiger partial charge in [-0.25, -0.2) is 4.79 Å². The zero-order valence-corrected chi connectivity index (χ0v) is 22.5. The number of imide groups is 1. The van der Waals surface area contributed by atoms with Gasteiger partial charge in [0.25, 0.3) is 0 Å². The topological polar surface area (TPSA) is 80.8 Å². The molecule has 198 valence electrons. The van der Waals surface area contributed by atoms with Crippen LogP contribution in [0.5, 0.6) is 0 Å². The smallest absolute Gasteiger partial charge is 0.330 e. The normalized spacial score (nSPS) is 23.4. The molecule has 0 radical (unpaired) electrons. The Morgan fingerprint density at radius 2 is 1.28 bits per heavy atom. The fourth-order valence-electron chi connectivity index (χ4n) is 6.99. The minimum atomic E-state index is -1.10. The molecule has 6 nitrogen and oxygen atoms in total. The maximum atomic E-state index is 14.1. The minimum Gasteiger partial charge on any atom is -0.456 e. The zero-order valence-electron chi connectivity index (χ0n) is 22.5. The number of esters is 1. The lowest BCUT2D eigenvalue weighted by Crippen LogP contribution is -2.49. The lowest BCUT2D eigenvalue weighted by atomic mass is 9.55. The summed E-state index contributed by atoms with van der Waals surface area (Å²) in [5.74, 6) is -3.73. The van der Waals surface area contributed by atoms with Crippen LogP contribution >= 0.6 is 0 Å². The summed E-state index contributed by atoms with van der Waals surface area (Å²) >= 11 is 0. The molecule has 2 amide bonds. The molecule has 0 unspecified atom stereocenters. The van der Waals surface area contributed by atoms with E-state index in [2.05, 4.69) is 0 Å². The van der Waals surface area contributed by atoms with Gasteiger partial charge < -0.3 is 4.74 Å². The highest BCUT2D eigenvalue weighted by Gasteiger charge is 2.63. The van der Waals surface area contributed by atoms with Gasteiger partial charge in [0.15, 0.2) is 6.61 Å². The van der Waals surface area contributed by atoms with Crippen LogP contribution in [-0.2, 0) is 19.1 Å². The number of Topliss-reactive ketones (excluding diaryl/α,β-unsaturated/α-hetero) is 1. The molecule has 3 aromatic carbocycles. The first kappa shape index (κ1) is 25.2. The number of rotatable bonds is 6. The first-order chi connectivity index (χ1) is 18.7. The molecule has 4 aliphatic rings. The number of aryl methyl sites for hydroxylation is 2. The second-order valence-corrected chi connectivity index (χ2v) is 11.3. The molecule has 3 atom stereocenters. The van der Waals surface area contributed by atoms with Gasteiger partial charge in [0, 0.05) is 17.4 Å². The SMILES string of the molecule is Cc1ccc(C)c(C(=O)COC(=O)[C@H](C(C)C)N2C(=O)[C@H]3C4c5ccccc5C(c5ccccc54)[C@@H]3C2=O)c1. The molecule has 2 bridgehead atoms. The van der Waals surface area contributed by atoms with Gasteiger partial charge in [-0.15, -0.1) is 0 Å². The molecule has 0 spiro atoms. The molecular weight excluding hydrogens is 490 g/mol. The van der Waals surface area contributed by atoms with Crippen LogP contribution in [0.1, 0.15) is 69.4 Å². The van der Waals surface area contributed by atoms with Crippen LogP contribution in [0.25, 0.3) is 0 Å². The maximum absolute atomic E-state index is 14.1. The Morgan fingerprint density at radius 1 is 0.795 bits per heavy atom. The van der Waals surface area contributed by atoms with E-state index in [9.17, 15) is 19.2 Å². The molecule has 0 aromatic heterocycles. The van der Waals surface area contributed by atoms with Crippen LogP contribution in [0.2, 0.25) is 0 Å². The van der Waals surface area contributed by atoms with E-state index in [1.807, 2.05) is 74.5 Å². The quantitative estimate of drug-likeness (QED) is 0.261. The Labute approximate surface area is 228 Å². The minimum absolute atomic E-state index is 0.247. The van der Waals surface area contributed by atoms with Gasteiger partial charge in [0.05, 0.1) is 11.8 Å². The molecule has 7 rings (SSSR count). The number of nitrogens with zero attached hydrogens (tertiary/aromatic N) is 1. The van der Waals surface area contributed by atoms with Crippen molar-refractivity contribution in [2.75, 3.05) is 6.61 Å². The molecule has 3 aromatic rings. The average molecular weight is 522 g/mol. The molecule has 0 N–H and O–H groups in total. The van der Waals surface area contributed by atoms with Crippen LogP contribution in [0.4, 0.5) is 0 Å². The molecular formula is C33H31NO5. The van der Waals surface area contributed by atoms with Gasteiger partial charge in [-0.2, -0.15) is 0 Å². The van der Waals surface area contributed by atoms with E-state index in [0.717, 1.165) is 38.3 Å². The van der Waals surface area contributed by atoms with Gasteiger partial charge in [0.2, 0.25) is 17.6 Å². The Balaban J connectivity index is 1.31. The molecule has 1 aliphatic heterocycles. The summed E-state index contributed by atoms with van der Waals surface area (Å²) in [5, 5.41) is 0. The monoisotopic (exact) mass is 521 g/mol. The van der Waals surface area contributed by atoms with Gasteiger partial charge in [-0.05, 0) is 53.6 Å². The lowest BCUT2D eigenvalue weighted by Gasteiger charge is -2.45. The lowest BCUT2D eigenvalue weighted by molar-refractivity contribution is -0.160. The van der Waals surface area contributed by atoms with Crippen molar-refractivity contribution in [3.63, 3.8) is 0 Å². The molecule has 3 aliphatic carbocycles. The predicted molar refractivity (Wildman–Crippen MR) is 145 cm³/mol. The van der Waals surface area contributed by atoms with Crippen LogP contribution in [0, 0.1) is 31.6 Å². The second kappa shape index (κ2) is 9.30. The molecule has 39 heavy (non-hydrogen) atoms. The fourth-order valence-corrected chi connectivity index (χ4v) is 6.99. The van der Waals surface area contributed by atoms with E-state index in [-0.39, 0.29) is 35.4 Å². The Kier molecular flexibility index (Phi) is 6.01. The van der Waals surface area contributed by atoms with E-state index in [1.165, 1.54) is 0 Å². The highest BCUT2D eigenvalue weighted by Crippen LogP contribution is 2.61. The fraction of sp³-hybridized carbons (Fsp3) is 0.333. The summed E-state index contributed by atoms with van der Waals surface area (Å²) in [6.45, 7) is 6.86. The van der Waals surface area contributed by atoms with Crippen molar-refractivity contribution in [1.82, 2.24) is 4.90 Å². The molecule has 1 saturated heterocycles. The predicted octanol–water partition coefficient (Wildman–Crippen LogP) is 4.95. The molecule has 6 heteroatoms. The summed E-state index contributed by atoms with van der Waals surface area (Å²) in [6, 6.07) is 20.5. The highest BCUT2D eigenvalue weighted by atomic mass is 16.5. The van der Waals surface area contributed by atoms with Crippen molar-refractivity contribution >= 4 is 23.6 Å². The zero-order chi connectivity index (χ0) is 27.6. The molecule has 1 fully saturated rings. The van der Waals surface area contributed by atoms with Gasteiger partial charge >= 0.3 is 5.97 Å². The Hall–Kier alpha value is -4.06. The van der Waals surface area contributed by atoms with Crippen LogP contribution in [-0.4, -0.2) is 41.1 Å². The number of likely N-dealkylation sites (tertiary alicyclic amines) is 1. The van der Waals surface area contributed by atoms with E-state index < -0.39 is 30.5 Å². The third-order valence-corrected chi connectivity index (χ3v) is 8.67. The third kappa shape index (κ3) is 3.76. The number of amides is 2. The van der Waals surface area contributed by atoms with Gasteiger partial charge in [-0.3, -0.25) is 19.3 Å². The van der Waals surface area contributed by atoms with E-state index in [0.29, 0.717) is 5.56 Å². The number of ketones is 1. The van der Waals surface area contributed by atoms with Crippen LogP contribution < -0.4 is 0 Å². The van der Waals surface area contributed by atoms with Crippen molar-refractivity contribution in [2.24, 2.45) is 17.8 Å². The summed E-state index contributed by atoms with van der Waals surface area (Å²) in [6.07, 6.45) is 0. The second-order valence-electron chi connectivity index (χ2n) is 11.3. The van der Waals surface area contributed by atoms with Crippen molar-refractivity contribution in [3.05, 3.63) is 106 Å². The van der Waals surface area contributed by atoms with Gasteiger partial charge in [-0.1, -0.05) is 80.1 Å². The summed E-state index contributed by atoms with van der Waals surface area (Å²) in [7, 11) is 0. The van der Waals surface area contributed by atoms with E-state index in [4.69, 9.17) is 4.74 Å². The number of benzene rings is 3. The van der Waals surface area contributed by atoms with Crippen LogP contribution in [0.15, 0.2) is 66.7 Å². The summed E-state index contributed by atoms with van der Waals surface area (Å²) in [4.78, 5) is 55.7. The standard InChI is InChI=1S/C33H31NO5/c1-17(2)30(33(38)39-16-25(35)24-15-18(3)13-14-19(24)4)34-31(36)28-26-20-9-5-6-10-21(20)27(29(28)32(34)37)23-12-8-7-11-22(23)26/h5-15,17,26-30H,16H2,1-4H3/t26?,27?,28-,29-,30-/m0/s1. The Bertz CT molecular complexity index is 1420. The van der Waals surface area contributed by atoms with Crippen molar-refractivity contribution in [2.45, 2.75) is 45.6 Å². The Morgan fingerprint density at radius 3 is 1.74 bits per heavy atom. The molecule has 0 saturated carbocycles. The van der Waals surface area contributed by atoms with Crippen molar-refractivity contribution in [1.29, 1.82) is 0 Å². The first-order valence-electron chi connectivity index (χ1n) is 13.5. The largest absolute Gasteiger partial charge is 0.456 e. The van der Waals surface area contributed by atoms with E-state index >= 15 is 0 Å². The number of ether oxygens (including phenoxy) is 1. The number of hydrogen-bond donors (Lipinski definition) is 0. The average Bonchev–Trinajstić information content (AvgIpc) is 3.19. The molecule has 1 heterocycles. The van der Waals surface area contributed by atoms with Crippen LogP contribution in [0.3, 0.4) is 0 Å².